The topological polar surface area (TPSA) is 68.1 Å². The van der Waals surface area contributed by atoms with E-state index in [-0.39, 0.29) is 5.69 Å². The Morgan fingerprint density at radius 1 is 1.35 bits per heavy atom. The van der Waals surface area contributed by atoms with Crippen molar-refractivity contribution in [3.8, 4) is 11.3 Å². The Bertz CT molecular complexity index is 632. The van der Waals surface area contributed by atoms with E-state index in [9.17, 15) is 10.1 Å². The molecule has 5 nitrogen and oxygen atoms in total. The first-order valence-electron chi connectivity index (χ1n) is 6.26. The van der Waals surface area contributed by atoms with E-state index in [0.717, 1.165) is 12.0 Å². The molecular formula is C14H14ClN3O2. The number of hydrogen-bond donors (Lipinski definition) is 1. The Kier molecular flexibility index (Phi) is 4.53. The van der Waals surface area contributed by atoms with Crippen LogP contribution in [0.1, 0.15) is 13.3 Å². The molecule has 0 saturated carbocycles. The van der Waals surface area contributed by atoms with Gasteiger partial charge in [0.25, 0.3) is 5.69 Å². The molecule has 0 aliphatic rings. The number of rotatable bonds is 5. The van der Waals surface area contributed by atoms with Gasteiger partial charge in [0.1, 0.15) is 5.82 Å². The number of nitrogens with zero attached hydrogens (tertiary/aromatic N) is 2. The molecule has 0 spiro atoms. The zero-order valence-electron chi connectivity index (χ0n) is 11.0. The van der Waals surface area contributed by atoms with Crippen LogP contribution >= 0.6 is 11.6 Å². The molecule has 0 atom stereocenters. The summed E-state index contributed by atoms with van der Waals surface area (Å²) in [4.78, 5) is 15.0. The van der Waals surface area contributed by atoms with Gasteiger partial charge in [0, 0.05) is 23.2 Å². The highest BCUT2D eigenvalue weighted by Gasteiger charge is 2.12. The highest BCUT2D eigenvalue weighted by Crippen LogP contribution is 2.26. The fourth-order valence-electron chi connectivity index (χ4n) is 1.76. The molecule has 0 unspecified atom stereocenters. The summed E-state index contributed by atoms with van der Waals surface area (Å²) in [5.74, 6) is 0.496. The van der Waals surface area contributed by atoms with Gasteiger partial charge in [-0.25, -0.2) is 4.98 Å². The first-order chi connectivity index (χ1) is 9.60. The van der Waals surface area contributed by atoms with E-state index in [0.29, 0.717) is 23.1 Å². The molecule has 0 saturated heterocycles. The normalized spacial score (nSPS) is 10.3. The van der Waals surface area contributed by atoms with Gasteiger partial charge in [-0.3, -0.25) is 10.1 Å². The molecule has 0 aliphatic heterocycles. The number of pyridine rings is 1. The van der Waals surface area contributed by atoms with E-state index < -0.39 is 4.92 Å². The quantitative estimate of drug-likeness (QED) is 0.664. The van der Waals surface area contributed by atoms with Crippen LogP contribution in [-0.4, -0.2) is 16.5 Å². The summed E-state index contributed by atoms with van der Waals surface area (Å²) in [6.45, 7) is 2.73. The predicted octanol–water partition coefficient (Wildman–Crippen LogP) is 4.13. The van der Waals surface area contributed by atoms with Crippen LogP contribution in [0.25, 0.3) is 11.3 Å². The van der Waals surface area contributed by atoms with Gasteiger partial charge < -0.3 is 5.32 Å². The minimum Gasteiger partial charge on any atom is -0.370 e. The number of nitro groups is 1. The highest BCUT2D eigenvalue weighted by atomic mass is 35.5. The van der Waals surface area contributed by atoms with E-state index >= 15 is 0 Å². The van der Waals surface area contributed by atoms with Crippen LogP contribution in [0.5, 0.6) is 0 Å². The summed E-state index contributed by atoms with van der Waals surface area (Å²) >= 11 is 5.94. The van der Waals surface area contributed by atoms with Crippen LogP contribution in [0.4, 0.5) is 11.5 Å². The first-order valence-corrected chi connectivity index (χ1v) is 6.64. The standard InChI is InChI=1S/C14H14ClN3O2/c1-2-6-16-14-9-12(18(19)20)8-13(17-14)10-4-3-5-11(15)7-10/h3-5,7-9H,2,6H2,1H3,(H,16,17). The number of halogens is 1. The fraction of sp³-hybridized carbons (Fsp3) is 0.214. The molecule has 2 aromatic rings. The van der Waals surface area contributed by atoms with Crippen molar-refractivity contribution in [2.45, 2.75) is 13.3 Å². The minimum absolute atomic E-state index is 0.00794. The summed E-state index contributed by atoms with van der Waals surface area (Å²) in [5, 5.41) is 14.6. The zero-order chi connectivity index (χ0) is 14.5. The molecule has 1 aromatic carbocycles. The zero-order valence-corrected chi connectivity index (χ0v) is 11.7. The number of benzene rings is 1. The van der Waals surface area contributed by atoms with Crippen molar-refractivity contribution in [1.29, 1.82) is 0 Å². The Hall–Kier alpha value is -2.14. The van der Waals surface area contributed by atoms with Crippen molar-refractivity contribution in [2.75, 3.05) is 11.9 Å². The summed E-state index contributed by atoms with van der Waals surface area (Å²) in [6, 6.07) is 9.97. The lowest BCUT2D eigenvalue weighted by Crippen LogP contribution is -2.03. The van der Waals surface area contributed by atoms with Gasteiger partial charge in [-0.15, -0.1) is 0 Å². The summed E-state index contributed by atoms with van der Waals surface area (Å²) in [5.41, 5.74) is 1.29. The Morgan fingerprint density at radius 2 is 2.15 bits per heavy atom. The van der Waals surface area contributed by atoms with Crippen molar-refractivity contribution in [3.05, 3.63) is 51.5 Å². The largest absolute Gasteiger partial charge is 0.370 e. The molecule has 1 N–H and O–H groups in total. The lowest BCUT2D eigenvalue weighted by atomic mass is 10.1. The van der Waals surface area contributed by atoms with Crippen molar-refractivity contribution >= 4 is 23.1 Å². The molecule has 0 radical (unpaired) electrons. The van der Waals surface area contributed by atoms with Crippen molar-refractivity contribution < 1.29 is 4.92 Å². The van der Waals surface area contributed by atoms with E-state index in [2.05, 4.69) is 10.3 Å². The summed E-state index contributed by atoms with van der Waals surface area (Å²) in [7, 11) is 0. The van der Waals surface area contributed by atoms with Crippen molar-refractivity contribution in [3.63, 3.8) is 0 Å². The van der Waals surface area contributed by atoms with Gasteiger partial charge in [-0.1, -0.05) is 30.7 Å². The van der Waals surface area contributed by atoms with E-state index in [1.807, 2.05) is 13.0 Å². The van der Waals surface area contributed by atoms with E-state index in [4.69, 9.17) is 11.6 Å². The third kappa shape index (κ3) is 3.45. The lowest BCUT2D eigenvalue weighted by Gasteiger charge is -2.07. The van der Waals surface area contributed by atoms with Gasteiger partial charge in [-0.2, -0.15) is 0 Å². The van der Waals surface area contributed by atoms with Crippen LogP contribution in [0.15, 0.2) is 36.4 Å². The summed E-state index contributed by atoms with van der Waals surface area (Å²) < 4.78 is 0. The molecule has 2 rings (SSSR count). The van der Waals surface area contributed by atoms with Crippen LogP contribution < -0.4 is 5.32 Å². The Labute approximate surface area is 121 Å². The van der Waals surface area contributed by atoms with Crippen LogP contribution in [-0.2, 0) is 0 Å². The number of hydrogen-bond acceptors (Lipinski definition) is 4. The molecular weight excluding hydrogens is 278 g/mol. The number of nitrogens with one attached hydrogen (secondary N) is 1. The highest BCUT2D eigenvalue weighted by molar-refractivity contribution is 6.30. The number of aromatic nitrogens is 1. The summed E-state index contributed by atoms with van der Waals surface area (Å²) in [6.07, 6.45) is 0.914. The van der Waals surface area contributed by atoms with Gasteiger partial charge in [0.2, 0.25) is 0 Å². The second kappa shape index (κ2) is 6.34. The molecule has 0 aliphatic carbocycles. The van der Waals surface area contributed by atoms with Crippen LogP contribution in [0.2, 0.25) is 5.02 Å². The fourth-order valence-corrected chi connectivity index (χ4v) is 1.95. The first kappa shape index (κ1) is 14.3. The Morgan fingerprint density at radius 3 is 2.80 bits per heavy atom. The molecule has 20 heavy (non-hydrogen) atoms. The maximum atomic E-state index is 11.0. The minimum atomic E-state index is -0.424. The molecule has 0 amide bonds. The monoisotopic (exact) mass is 291 g/mol. The lowest BCUT2D eigenvalue weighted by molar-refractivity contribution is -0.384. The second-order valence-electron chi connectivity index (χ2n) is 4.29. The average molecular weight is 292 g/mol. The van der Waals surface area contributed by atoms with Crippen molar-refractivity contribution in [2.24, 2.45) is 0 Å². The van der Waals surface area contributed by atoms with Crippen molar-refractivity contribution in [1.82, 2.24) is 4.98 Å². The molecule has 0 bridgehead atoms. The second-order valence-corrected chi connectivity index (χ2v) is 4.73. The number of anilines is 1. The molecule has 104 valence electrons. The van der Waals surface area contributed by atoms with Crippen LogP contribution in [0, 0.1) is 10.1 Å². The predicted molar refractivity (Wildman–Crippen MR) is 80.1 cm³/mol. The molecule has 0 fully saturated rings. The molecule has 1 aromatic heterocycles. The van der Waals surface area contributed by atoms with Gasteiger partial charge in [-0.05, 0) is 18.6 Å². The molecule has 1 heterocycles. The SMILES string of the molecule is CCCNc1cc([N+](=O)[O-])cc(-c2cccc(Cl)c2)n1. The third-order valence-electron chi connectivity index (χ3n) is 2.70. The third-order valence-corrected chi connectivity index (χ3v) is 2.93. The van der Waals surface area contributed by atoms with E-state index in [1.54, 1.807) is 18.2 Å². The molecule has 6 heteroatoms. The van der Waals surface area contributed by atoms with Gasteiger partial charge in [0.15, 0.2) is 0 Å². The smallest absolute Gasteiger partial charge is 0.275 e. The average Bonchev–Trinajstić information content (AvgIpc) is 2.44. The van der Waals surface area contributed by atoms with Crippen LogP contribution in [0.3, 0.4) is 0 Å². The Balaban J connectivity index is 2.46. The maximum absolute atomic E-state index is 11.0. The van der Waals surface area contributed by atoms with Gasteiger partial charge in [0.05, 0.1) is 16.7 Å². The van der Waals surface area contributed by atoms with Gasteiger partial charge >= 0.3 is 0 Å². The maximum Gasteiger partial charge on any atom is 0.275 e. The van der Waals surface area contributed by atoms with E-state index in [1.165, 1.54) is 12.1 Å².